The van der Waals surface area contributed by atoms with Crippen molar-refractivity contribution in [3.63, 3.8) is 0 Å². The van der Waals surface area contributed by atoms with Crippen molar-refractivity contribution in [1.29, 1.82) is 0 Å². The van der Waals surface area contributed by atoms with Gasteiger partial charge in [-0.05, 0) is 40.0 Å². The van der Waals surface area contributed by atoms with Gasteiger partial charge in [0.15, 0.2) is 0 Å². The summed E-state index contributed by atoms with van der Waals surface area (Å²) in [6.07, 6.45) is 6.03. The molecular formula is C16H32N2. The van der Waals surface area contributed by atoms with Crippen molar-refractivity contribution in [2.24, 2.45) is 0 Å². The minimum absolute atomic E-state index is 0.281. The second-order valence-electron chi connectivity index (χ2n) is 6.36. The molecule has 0 aromatic rings. The molecule has 18 heavy (non-hydrogen) atoms. The maximum Gasteiger partial charge on any atom is 0.0333 e. The first kappa shape index (κ1) is 15.7. The van der Waals surface area contributed by atoms with E-state index in [4.69, 9.17) is 0 Å². The van der Waals surface area contributed by atoms with Crippen LogP contribution in [-0.4, -0.2) is 35.6 Å². The summed E-state index contributed by atoms with van der Waals surface area (Å²) in [4.78, 5) is 2.71. The fourth-order valence-corrected chi connectivity index (χ4v) is 2.87. The lowest BCUT2D eigenvalue weighted by molar-refractivity contribution is 0.0115. The summed E-state index contributed by atoms with van der Waals surface area (Å²) in [6, 6.07) is 0. The zero-order chi connectivity index (χ0) is 13.8. The molecule has 0 aromatic heterocycles. The standard InChI is InChI=1S/C16H32N2/c1-7-15(6)13-18(11-10-14(4)5)16(8-2,9-3)12-17-15/h10,17H,7-9,11-13H2,1-6H3. The largest absolute Gasteiger partial charge is 0.308 e. The number of rotatable bonds is 5. The van der Waals surface area contributed by atoms with Crippen molar-refractivity contribution in [3.05, 3.63) is 11.6 Å². The van der Waals surface area contributed by atoms with Gasteiger partial charge in [0.1, 0.15) is 0 Å². The maximum absolute atomic E-state index is 3.79. The van der Waals surface area contributed by atoms with Gasteiger partial charge in [0.25, 0.3) is 0 Å². The third kappa shape index (κ3) is 3.36. The number of hydrogen-bond donors (Lipinski definition) is 1. The molecule has 0 saturated carbocycles. The van der Waals surface area contributed by atoms with Gasteiger partial charge in [0, 0.05) is 30.7 Å². The molecule has 1 aliphatic rings. The molecule has 1 atom stereocenters. The lowest BCUT2D eigenvalue weighted by Crippen LogP contribution is -2.68. The quantitative estimate of drug-likeness (QED) is 0.752. The molecule has 1 heterocycles. The van der Waals surface area contributed by atoms with E-state index in [1.165, 1.54) is 24.8 Å². The van der Waals surface area contributed by atoms with Gasteiger partial charge in [0.05, 0.1) is 0 Å². The molecule has 0 aromatic carbocycles. The lowest BCUT2D eigenvalue weighted by Gasteiger charge is -2.53. The number of nitrogens with one attached hydrogen (secondary N) is 1. The van der Waals surface area contributed by atoms with Gasteiger partial charge < -0.3 is 5.32 Å². The molecule has 1 saturated heterocycles. The van der Waals surface area contributed by atoms with Crippen LogP contribution in [0, 0.1) is 0 Å². The second kappa shape index (κ2) is 6.21. The minimum atomic E-state index is 0.281. The van der Waals surface area contributed by atoms with Crippen LogP contribution in [0.1, 0.15) is 60.8 Å². The normalized spacial score (nSPS) is 28.1. The van der Waals surface area contributed by atoms with Gasteiger partial charge in [-0.15, -0.1) is 0 Å². The topological polar surface area (TPSA) is 15.3 Å². The van der Waals surface area contributed by atoms with E-state index in [9.17, 15) is 0 Å². The molecule has 2 heteroatoms. The van der Waals surface area contributed by atoms with E-state index in [1.807, 2.05) is 0 Å². The van der Waals surface area contributed by atoms with Crippen LogP contribution in [0.3, 0.4) is 0 Å². The number of nitrogens with zero attached hydrogens (tertiary/aromatic N) is 1. The van der Waals surface area contributed by atoms with Crippen molar-refractivity contribution in [1.82, 2.24) is 10.2 Å². The van der Waals surface area contributed by atoms with Gasteiger partial charge >= 0.3 is 0 Å². The zero-order valence-corrected chi connectivity index (χ0v) is 13.3. The molecule has 1 rings (SSSR count). The van der Waals surface area contributed by atoms with Crippen LogP contribution < -0.4 is 5.32 Å². The van der Waals surface area contributed by atoms with Gasteiger partial charge in [-0.2, -0.15) is 0 Å². The van der Waals surface area contributed by atoms with Crippen LogP contribution in [0.5, 0.6) is 0 Å². The van der Waals surface area contributed by atoms with Crippen molar-refractivity contribution < 1.29 is 0 Å². The van der Waals surface area contributed by atoms with Gasteiger partial charge in [-0.3, -0.25) is 4.90 Å². The molecule has 0 bridgehead atoms. The summed E-state index contributed by atoms with van der Waals surface area (Å²) < 4.78 is 0. The number of hydrogen-bond acceptors (Lipinski definition) is 2. The predicted octanol–water partition coefficient (Wildman–Crippen LogP) is 3.59. The Morgan fingerprint density at radius 1 is 1.17 bits per heavy atom. The van der Waals surface area contributed by atoms with Gasteiger partial charge in [-0.1, -0.05) is 32.4 Å². The van der Waals surface area contributed by atoms with Crippen molar-refractivity contribution in [3.8, 4) is 0 Å². The van der Waals surface area contributed by atoms with Crippen LogP contribution in [0.25, 0.3) is 0 Å². The molecule has 1 fully saturated rings. The van der Waals surface area contributed by atoms with Crippen LogP contribution in [-0.2, 0) is 0 Å². The zero-order valence-electron chi connectivity index (χ0n) is 13.3. The summed E-state index contributed by atoms with van der Waals surface area (Å²) in [5.41, 5.74) is 2.05. The monoisotopic (exact) mass is 252 g/mol. The predicted molar refractivity (Wildman–Crippen MR) is 81.0 cm³/mol. The van der Waals surface area contributed by atoms with Crippen LogP contribution in [0.2, 0.25) is 0 Å². The lowest BCUT2D eigenvalue weighted by atomic mass is 9.82. The summed E-state index contributed by atoms with van der Waals surface area (Å²) in [7, 11) is 0. The first-order valence-corrected chi connectivity index (χ1v) is 7.55. The Labute approximate surface area is 114 Å². The molecule has 0 amide bonds. The van der Waals surface area contributed by atoms with E-state index in [-0.39, 0.29) is 5.54 Å². The van der Waals surface area contributed by atoms with Crippen LogP contribution >= 0.6 is 0 Å². The summed E-state index contributed by atoms with van der Waals surface area (Å²) >= 11 is 0. The molecule has 2 nitrogen and oxygen atoms in total. The first-order valence-electron chi connectivity index (χ1n) is 7.55. The van der Waals surface area contributed by atoms with Crippen molar-refractivity contribution in [2.45, 2.75) is 71.9 Å². The molecule has 0 aliphatic carbocycles. The van der Waals surface area contributed by atoms with E-state index in [0.717, 1.165) is 19.6 Å². The molecular weight excluding hydrogens is 220 g/mol. The highest BCUT2D eigenvalue weighted by molar-refractivity contribution is 5.06. The fourth-order valence-electron chi connectivity index (χ4n) is 2.87. The van der Waals surface area contributed by atoms with E-state index >= 15 is 0 Å². The second-order valence-corrected chi connectivity index (χ2v) is 6.36. The highest BCUT2D eigenvalue weighted by atomic mass is 15.3. The summed E-state index contributed by atoms with van der Waals surface area (Å²) in [6.45, 7) is 17.1. The van der Waals surface area contributed by atoms with E-state index in [0.29, 0.717) is 5.54 Å². The van der Waals surface area contributed by atoms with Crippen LogP contribution in [0.4, 0.5) is 0 Å². The van der Waals surface area contributed by atoms with E-state index < -0.39 is 0 Å². The SMILES string of the molecule is CCC1(C)CN(CC=C(C)C)C(CC)(CC)CN1. The number of piperazine rings is 1. The van der Waals surface area contributed by atoms with E-state index in [1.54, 1.807) is 0 Å². The highest BCUT2D eigenvalue weighted by Crippen LogP contribution is 2.31. The third-order valence-corrected chi connectivity index (χ3v) is 4.87. The van der Waals surface area contributed by atoms with Crippen molar-refractivity contribution in [2.75, 3.05) is 19.6 Å². The molecule has 1 unspecified atom stereocenters. The van der Waals surface area contributed by atoms with Crippen LogP contribution in [0.15, 0.2) is 11.6 Å². The number of allylic oxidation sites excluding steroid dienone is 1. The highest BCUT2D eigenvalue weighted by Gasteiger charge is 2.42. The molecule has 106 valence electrons. The van der Waals surface area contributed by atoms with E-state index in [2.05, 4.69) is 57.8 Å². The Morgan fingerprint density at radius 3 is 2.22 bits per heavy atom. The Balaban J connectivity index is 2.89. The third-order valence-electron chi connectivity index (χ3n) is 4.87. The molecule has 1 aliphatic heterocycles. The fraction of sp³-hybridized carbons (Fsp3) is 0.875. The Hall–Kier alpha value is -0.340. The maximum atomic E-state index is 3.79. The summed E-state index contributed by atoms with van der Waals surface area (Å²) in [5.74, 6) is 0. The molecule has 0 radical (unpaired) electrons. The Morgan fingerprint density at radius 2 is 1.78 bits per heavy atom. The smallest absolute Gasteiger partial charge is 0.0333 e. The van der Waals surface area contributed by atoms with Crippen molar-refractivity contribution >= 4 is 0 Å². The minimum Gasteiger partial charge on any atom is -0.308 e. The average Bonchev–Trinajstić information content (AvgIpc) is 2.37. The van der Waals surface area contributed by atoms with Gasteiger partial charge in [-0.25, -0.2) is 0 Å². The van der Waals surface area contributed by atoms with Gasteiger partial charge in [0.2, 0.25) is 0 Å². The first-order chi connectivity index (χ1) is 8.41. The summed E-state index contributed by atoms with van der Waals surface area (Å²) in [5, 5.41) is 3.79. The Bertz CT molecular complexity index is 287. The Kier molecular flexibility index (Phi) is 5.42. The molecule has 1 N–H and O–H groups in total. The average molecular weight is 252 g/mol. The molecule has 0 spiro atoms.